The third-order valence-corrected chi connectivity index (χ3v) is 4.47. The second-order valence-corrected chi connectivity index (χ2v) is 6.33. The molecule has 0 aliphatic carbocycles. The lowest BCUT2D eigenvalue weighted by Gasteiger charge is -2.04. The molecule has 0 spiro atoms. The maximum atomic E-state index is 4.29. The minimum absolute atomic E-state index is 0.909. The van der Waals surface area contributed by atoms with E-state index < -0.39 is 0 Å². The maximum absolute atomic E-state index is 4.29. The van der Waals surface area contributed by atoms with Crippen molar-refractivity contribution < 1.29 is 0 Å². The summed E-state index contributed by atoms with van der Waals surface area (Å²) < 4.78 is 0. The van der Waals surface area contributed by atoms with Crippen LogP contribution in [0.15, 0.2) is 18.5 Å². The fourth-order valence-corrected chi connectivity index (χ4v) is 2.87. The Morgan fingerprint density at radius 2 is 1.35 bits per heavy atom. The molecule has 0 aliphatic rings. The zero-order chi connectivity index (χ0) is 14.5. The van der Waals surface area contributed by atoms with Gasteiger partial charge in [-0.15, -0.1) is 0 Å². The van der Waals surface area contributed by atoms with Crippen molar-refractivity contribution in [1.82, 2.24) is 4.98 Å². The highest BCUT2D eigenvalue weighted by Crippen LogP contribution is 2.13. The van der Waals surface area contributed by atoms with Crippen LogP contribution >= 0.6 is 15.9 Å². The summed E-state index contributed by atoms with van der Waals surface area (Å²) in [6, 6.07) is 2.27. The van der Waals surface area contributed by atoms with Gasteiger partial charge in [-0.3, -0.25) is 4.98 Å². The van der Waals surface area contributed by atoms with E-state index in [4.69, 9.17) is 0 Å². The molecule has 1 aromatic heterocycles. The molecule has 0 bridgehead atoms. The van der Waals surface area contributed by atoms with Gasteiger partial charge in [-0.25, -0.2) is 0 Å². The molecule has 0 amide bonds. The van der Waals surface area contributed by atoms with Gasteiger partial charge in [0.1, 0.15) is 0 Å². The van der Waals surface area contributed by atoms with Crippen LogP contribution in [0.5, 0.6) is 0 Å². The average Bonchev–Trinajstić information content (AvgIpc) is 2.49. The highest BCUT2D eigenvalue weighted by atomic mass is 79.9. The normalized spacial score (nSPS) is 10.9. The predicted octanol–water partition coefficient (Wildman–Crippen LogP) is 6.44. The fourth-order valence-electron chi connectivity index (χ4n) is 2.57. The number of hydrogen-bond acceptors (Lipinski definition) is 1. The fraction of sp³-hybridized carbons (Fsp3) is 0.722. The molecule has 0 radical (unpaired) electrons. The molecule has 1 aromatic rings. The lowest BCUT2D eigenvalue weighted by atomic mass is 10.0. The molecule has 1 rings (SSSR count). The molecule has 0 N–H and O–H groups in total. The third-order valence-electron chi connectivity index (χ3n) is 3.82. The standard InChI is InChI=1S/C18H30BrN/c1-2-3-4-5-6-7-8-9-10-11-12-17-13-18(14-19)16-20-15-17/h13,15-16H,2-12,14H2,1H3. The molecule has 2 heteroatoms. The van der Waals surface area contributed by atoms with E-state index in [1.54, 1.807) is 0 Å². The number of alkyl halides is 1. The first-order chi connectivity index (χ1) is 9.86. The predicted molar refractivity (Wildman–Crippen MR) is 92.4 cm³/mol. The van der Waals surface area contributed by atoms with Crippen LogP contribution in [-0.2, 0) is 11.8 Å². The van der Waals surface area contributed by atoms with Gasteiger partial charge in [0, 0.05) is 17.7 Å². The van der Waals surface area contributed by atoms with Gasteiger partial charge < -0.3 is 0 Å². The SMILES string of the molecule is CCCCCCCCCCCCc1cncc(CBr)c1. The molecule has 1 heterocycles. The van der Waals surface area contributed by atoms with E-state index in [9.17, 15) is 0 Å². The van der Waals surface area contributed by atoms with Crippen molar-refractivity contribution in [2.45, 2.75) is 82.9 Å². The maximum Gasteiger partial charge on any atom is 0.0308 e. The topological polar surface area (TPSA) is 12.9 Å². The second kappa shape index (κ2) is 12.4. The molecule has 0 unspecified atom stereocenters. The van der Waals surface area contributed by atoms with Crippen molar-refractivity contribution in [3.8, 4) is 0 Å². The Labute approximate surface area is 133 Å². The lowest BCUT2D eigenvalue weighted by molar-refractivity contribution is 0.556. The first-order valence-corrected chi connectivity index (χ1v) is 9.47. The number of nitrogens with zero attached hydrogens (tertiary/aromatic N) is 1. The Morgan fingerprint density at radius 1 is 0.800 bits per heavy atom. The summed E-state index contributed by atoms with van der Waals surface area (Å²) in [5.74, 6) is 0. The van der Waals surface area contributed by atoms with Gasteiger partial charge in [0.25, 0.3) is 0 Å². The number of rotatable bonds is 12. The van der Waals surface area contributed by atoms with Crippen molar-refractivity contribution in [3.05, 3.63) is 29.6 Å². The van der Waals surface area contributed by atoms with Crippen molar-refractivity contribution in [1.29, 1.82) is 0 Å². The van der Waals surface area contributed by atoms with Crippen molar-refractivity contribution in [2.24, 2.45) is 0 Å². The van der Waals surface area contributed by atoms with Gasteiger partial charge in [0.05, 0.1) is 0 Å². The first-order valence-electron chi connectivity index (χ1n) is 8.35. The molecular weight excluding hydrogens is 310 g/mol. The molecule has 0 fully saturated rings. The summed E-state index contributed by atoms with van der Waals surface area (Å²) in [6.07, 6.45) is 19.2. The van der Waals surface area contributed by atoms with Gasteiger partial charge >= 0.3 is 0 Å². The molecule has 0 saturated heterocycles. The number of hydrogen-bond donors (Lipinski definition) is 0. The third kappa shape index (κ3) is 8.73. The zero-order valence-electron chi connectivity index (χ0n) is 13.0. The van der Waals surface area contributed by atoms with Gasteiger partial charge in [0.15, 0.2) is 0 Å². The minimum atomic E-state index is 0.909. The van der Waals surface area contributed by atoms with Crippen molar-refractivity contribution in [2.75, 3.05) is 0 Å². The van der Waals surface area contributed by atoms with E-state index in [2.05, 4.69) is 33.9 Å². The summed E-state index contributed by atoms with van der Waals surface area (Å²) in [5.41, 5.74) is 2.68. The van der Waals surface area contributed by atoms with E-state index in [1.807, 2.05) is 12.4 Å². The smallest absolute Gasteiger partial charge is 0.0308 e. The molecule has 0 aliphatic heterocycles. The summed E-state index contributed by atoms with van der Waals surface area (Å²) in [5, 5.41) is 0.909. The Kier molecular flexibility index (Phi) is 10.9. The van der Waals surface area contributed by atoms with Crippen molar-refractivity contribution >= 4 is 15.9 Å². The highest BCUT2D eigenvalue weighted by Gasteiger charge is 1.97. The molecule has 114 valence electrons. The van der Waals surface area contributed by atoms with E-state index >= 15 is 0 Å². The van der Waals surface area contributed by atoms with Gasteiger partial charge in [0.2, 0.25) is 0 Å². The number of halogens is 1. The van der Waals surface area contributed by atoms with Crippen LogP contribution in [0, 0.1) is 0 Å². The molecule has 1 nitrogen and oxygen atoms in total. The number of pyridine rings is 1. The molecule has 20 heavy (non-hydrogen) atoms. The van der Waals surface area contributed by atoms with Crippen LogP contribution in [0.1, 0.15) is 82.3 Å². The summed E-state index contributed by atoms with van der Waals surface area (Å²) >= 11 is 3.48. The van der Waals surface area contributed by atoms with E-state index in [1.165, 1.54) is 81.8 Å². The zero-order valence-corrected chi connectivity index (χ0v) is 14.6. The van der Waals surface area contributed by atoms with Crippen LogP contribution in [0.3, 0.4) is 0 Å². The van der Waals surface area contributed by atoms with E-state index in [0.717, 1.165) is 5.33 Å². The number of aryl methyl sites for hydroxylation is 1. The Morgan fingerprint density at radius 3 is 1.95 bits per heavy atom. The average molecular weight is 340 g/mol. The van der Waals surface area contributed by atoms with Crippen LogP contribution in [0.4, 0.5) is 0 Å². The van der Waals surface area contributed by atoms with Crippen LogP contribution < -0.4 is 0 Å². The molecular formula is C18H30BrN. The molecule has 0 saturated carbocycles. The largest absolute Gasteiger partial charge is 0.264 e. The molecule has 0 aromatic carbocycles. The van der Waals surface area contributed by atoms with Crippen LogP contribution in [0.2, 0.25) is 0 Å². The Bertz CT molecular complexity index is 338. The quantitative estimate of drug-likeness (QED) is 0.315. The van der Waals surface area contributed by atoms with Gasteiger partial charge in [-0.05, 0) is 24.0 Å². The van der Waals surface area contributed by atoms with Gasteiger partial charge in [-0.2, -0.15) is 0 Å². The Hall–Kier alpha value is -0.370. The van der Waals surface area contributed by atoms with Gasteiger partial charge in [-0.1, -0.05) is 86.7 Å². The first kappa shape index (κ1) is 17.7. The summed E-state index contributed by atoms with van der Waals surface area (Å²) in [7, 11) is 0. The Balaban J connectivity index is 1.94. The highest BCUT2D eigenvalue weighted by molar-refractivity contribution is 9.08. The molecule has 0 atom stereocenters. The number of unbranched alkanes of at least 4 members (excludes halogenated alkanes) is 9. The summed E-state index contributed by atoms with van der Waals surface area (Å²) in [6.45, 7) is 2.28. The second-order valence-electron chi connectivity index (χ2n) is 5.77. The summed E-state index contributed by atoms with van der Waals surface area (Å²) in [4.78, 5) is 4.29. The van der Waals surface area contributed by atoms with Crippen LogP contribution in [-0.4, -0.2) is 4.98 Å². The van der Waals surface area contributed by atoms with E-state index in [0.29, 0.717) is 0 Å². The monoisotopic (exact) mass is 339 g/mol. The lowest BCUT2D eigenvalue weighted by Crippen LogP contribution is -1.90. The van der Waals surface area contributed by atoms with Crippen molar-refractivity contribution in [3.63, 3.8) is 0 Å². The minimum Gasteiger partial charge on any atom is -0.264 e. The number of aromatic nitrogens is 1. The van der Waals surface area contributed by atoms with Crippen LogP contribution in [0.25, 0.3) is 0 Å². The van der Waals surface area contributed by atoms with E-state index in [-0.39, 0.29) is 0 Å².